The number of amides is 1. The summed E-state index contributed by atoms with van der Waals surface area (Å²) in [5.74, 6) is 0.288. The molecule has 0 saturated carbocycles. The molecule has 2 aromatic carbocycles. The van der Waals surface area contributed by atoms with Gasteiger partial charge >= 0.3 is 0 Å². The molecule has 0 bridgehead atoms. The lowest BCUT2D eigenvalue weighted by atomic mass is 9.88. The molecule has 0 spiro atoms. The molecule has 1 fully saturated rings. The van der Waals surface area contributed by atoms with Crippen molar-refractivity contribution in [3.63, 3.8) is 0 Å². The van der Waals surface area contributed by atoms with Crippen molar-refractivity contribution in [3.8, 4) is 0 Å². The van der Waals surface area contributed by atoms with Crippen molar-refractivity contribution in [2.75, 3.05) is 26.2 Å². The number of rotatable bonds is 5. The Hall–Kier alpha value is -2.13. The molecule has 0 atom stereocenters. The van der Waals surface area contributed by atoms with E-state index in [-0.39, 0.29) is 17.4 Å². The fraction of sp³-hybridized carbons (Fsp3) is 0.435. The third-order valence-electron chi connectivity index (χ3n) is 5.66. The molecular weight excluding hydrogens is 320 g/mol. The average Bonchev–Trinajstić information content (AvgIpc) is 2.70. The van der Waals surface area contributed by atoms with Gasteiger partial charge in [0.1, 0.15) is 0 Å². The predicted molar refractivity (Wildman–Crippen MR) is 107 cm³/mol. The molecule has 0 unspecified atom stereocenters. The monoisotopic (exact) mass is 350 g/mol. The highest BCUT2D eigenvalue weighted by molar-refractivity contribution is 5.82. The summed E-state index contributed by atoms with van der Waals surface area (Å²) in [6, 6.07) is 21.6. The van der Waals surface area contributed by atoms with Crippen molar-refractivity contribution in [3.05, 3.63) is 71.8 Å². The molecule has 1 aliphatic heterocycles. The first kappa shape index (κ1) is 18.7. The minimum absolute atomic E-state index is 0.244. The van der Waals surface area contributed by atoms with E-state index in [1.807, 2.05) is 4.90 Å². The van der Waals surface area contributed by atoms with Crippen LogP contribution in [-0.2, 0) is 4.79 Å². The van der Waals surface area contributed by atoms with Gasteiger partial charge in [0.15, 0.2) is 0 Å². The van der Waals surface area contributed by atoms with Gasteiger partial charge in [-0.25, -0.2) is 0 Å². The first-order valence-electron chi connectivity index (χ1n) is 9.66. The molecule has 138 valence electrons. The lowest BCUT2D eigenvalue weighted by molar-refractivity contribution is -0.142. The lowest BCUT2D eigenvalue weighted by Crippen LogP contribution is -2.52. The zero-order valence-electron chi connectivity index (χ0n) is 16.2. The maximum Gasteiger partial charge on any atom is 0.228 e. The first-order valence-corrected chi connectivity index (χ1v) is 9.66. The second kappa shape index (κ2) is 8.05. The van der Waals surface area contributed by atoms with E-state index in [9.17, 15) is 4.79 Å². The van der Waals surface area contributed by atoms with Crippen molar-refractivity contribution >= 4 is 5.91 Å². The van der Waals surface area contributed by atoms with E-state index in [0.29, 0.717) is 0 Å². The number of nitrogens with zero attached hydrogens (tertiary/aromatic N) is 2. The highest BCUT2D eigenvalue weighted by Crippen LogP contribution is 2.30. The second-order valence-electron chi connectivity index (χ2n) is 7.79. The van der Waals surface area contributed by atoms with Gasteiger partial charge in [-0.3, -0.25) is 9.69 Å². The van der Waals surface area contributed by atoms with E-state index in [2.05, 4.69) is 86.3 Å². The van der Waals surface area contributed by atoms with Crippen molar-refractivity contribution in [2.45, 2.75) is 33.2 Å². The smallest absolute Gasteiger partial charge is 0.228 e. The van der Waals surface area contributed by atoms with E-state index in [4.69, 9.17) is 0 Å². The second-order valence-corrected chi connectivity index (χ2v) is 7.79. The summed E-state index contributed by atoms with van der Waals surface area (Å²) < 4.78 is 0. The number of hydrogen-bond donors (Lipinski definition) is 0. The van der Waals surface area contributed by atoms with Crippen LogP contribution in [0, 0.1) is 5.41 Å². The van der Waals surface area contributed by atoms with Crippen LogP contribution in [-0.4, -0.2) is 41.9 Å². The molecule has 0 radical (unpaired) electrons. The third-order valence-corrected chi connectivity index (χ3v) is 5.66. The van der Waals surface area contributed by atoms with Gasteiger partial charge in [0, 0.05) is 31.6 Å². The van der Waals surface area contributed by atoms with Gasteiger partial charge < -0.3 is 4.90 Å². The summed E-state index contributed by atoms with van der Waals surface area (Å²) in [6.07, 6.45) is 0.878. The summed E-state index contributed by atoms with van der Waals surface area (Å²) >= 11 is 0. The molecular formula is C23H30N2O. The Balaban J connectivity index is 1.77. The van der Waals surface area contributed by atoms with E-state index in [0.717, 1.165) is 32.6 Å². The van der Waals surface area contributed by atoms with Gasteiger partial charge in [0.25, 0.3) is 0 Å². The molecule has 1 heterocycles. The van der Waals surface area contributed by atoms with Gasteiger partial charge in [0.05, 0.1) is 6.04 Å². The Kier molecular flexibility index (Phi) is 5.77. The Morgan fingerprint density at radius 3 is 1.77 bits per heavy atom. The van der Waals surface area contributed by atoms with E-state index in [1.165, 1.54) is 11.1 Å². The fourth-order valence-electron chi connectivity index (χ4n) is 3.65. The van der Waals surface area contributed by atoms with Crippen LogP contribution in [0.25, 0.3) is 0 Å². The number of hydrogen-bond acceptors (Lipinski definition) is 2. The van der Waals surface area contributed by atoms with Crippen LogP contribution in [0.5, 0.6) is 0 Å². The van der Waals surface area contributed by atoms with Crippen LogP contribution in [0.15, 0.2) is 60.7 Å². The number of piperazine rings is 1. The van der Waals surface area contributed by atoms with Gasteiger partial charge in [-0.15, -0.1) is 0 Å². The average molecular weight is 351 g/mol. The van der Waals surface area contributed by atoms with Crippen molar-refractivity contribution in [1.29, 1.82) is 0 Å². The van der Waals surface area contributed by atoms with Crippen LogP contribution >= 0.6 is 0 Å². The maximum atomic E-state index is 12.8. The number of carbonyl (C=O) groups is 1. The molecule has 3 heteroatoms. The zero-order chi connectivity index (χ0) is 18.6. The quantitative estimate of drug-likeness (QED) is 0.800. The third kappa shape index (κ3) is 3.99. The standard InChI is InChI=1S/C23H30N2O/c1-4-23(2,3)22(26)25-17-15-24(16-18-25)21(19-11-7-5-8-12-19)20-13-9-6-10-14-20/h5-14,21H,4,15-18H2,1-3H3. The normalized spacial score (nSPS) is 16.1. The lowest BCUT2D eigenvalue weighted by Gasteiger charge is -2.41. The van der Waals surface area contributed by atoms with Crippen molar-refractivity contribution in [2.24, 2.45) is 5.41 Å². The minimum Gasteiger partial charge on any atom is -0.340 e. The first-order chi connectivity index (χ1) is 12.5. The molecule has 0 aliphatic carbocycles. The molecule has 1 amide bonds. The largest absolute Gasteiger partial charge is 0.340 e. The predicted octanol–water partition coefficient (Wildman–Crippen LogP) is 4.36. The van der Waals surface area contributed by atoms with Crippen LogP contribution < -0.4 is 0 Å². The Morgan fingerprint density at radius 2 is 1.35 bits per heavy atom. The SMILES string of the molecule is CCC(C)(C)C(=O)N1CCN(C(c2ccccc2)c2ccccc2)CC1. The molecule has 0 aromatic heterocycles. The van der Waals surface area contributed by atoms with Gasteiger partial charge in [-0.05, 0) is 17.5 Å². The summed E-state index contributed by atoms with van der Waals surface area (Å²) in [4.78, 5) is 17.3. The van der Waals surface area contributed by atoms with Crippen molar-refractivity contribution in [1.82, 2.24) is 9.80 Å². The van der Waals surface area contributed by atoms with E-state index >= 15 is 0 Å². The zero-order valence-corrected chi connectivity index (χ0v) is 16.2. The Labute approximate surface area is 157 Å². The number of carbonyl (C=O) groups excluding carboxylic acids is 1. The number of benzene rings is 2. The highest BCUT2D eigenvalue weighted by atomic mass is 16.2. The van der Waals surface area contributed by atoms with Crippen molar-refractivity contribution < 1.29 is 4.79 Å². The molecule has 26 heavy (non-hydrogen) atoms. The molecule has 0 N–H and O–H groups in total. The van der Waals surface area contributed by atoms with E-state index in [1.54, 1.807) is 0 Å². The van der Waals surface area contributed by atoms with Gasteiger partial charge in [-0.2, -0.15) is 0 Å². The molecule has 1 aliphatic rings. The van der Waals surface area contributed by atoms with E-state index < -0.39 is 0 Å². The summed E-state index contributed by atoms with van der Waals surface area (Å²) in [5, 5.41) is 0. The topological polar surface area (TPSA) is 23.6 Å². The fourth-order valence-corrected chi connectivity index (χ4v) is 3.65. The molecule has 2 aromatic rings. The van der Waals surface area contributed by atoms with Crippen LogP contribution in [0.2, 0.25) is 0 Å². The van der Waals surface area contributed by atoms with Gasteiger partial charge in [0.2, 0.25) is 5.91 Å². The summed E-state index contributed by atoms with van der Waals surface area (Å²) in [7, 11) is 0. The molecule has 3 nitrogen and oxygen atoms in total. The summed E-state index contributed by atoms with van der Waals surface area (Å²) in [6.45, 7) is 9.61. The van der Waals surface area contributed by atoms with Crippen LogP contribution in [0.3, 0.4) is 0 Å². The minimum atomic E-state index is -0.263. The maximum absolute atomic E-state index is 12.8. The highest BCUT2D eigenvalue weighted by Gasteiger charge is 2.34. The Bertz CT molecular complexity index is 664. The molecule has 1 saturated heterocycles. The summed E-state index contributed by atoms with van der Waals surface area (Å²) in [5.41, 5.74) is 2.36. The van der Waals surface area contributed by atoms with Crippen LogP contribution in [0.1, 0.15) is 44.4 Å². The van der Waals surface area contributed by atoms with Crippen LogP contribution in [0.4, 0.5) is 0 Å². The Morgan fingerprint density at radius 1 is 0.885 bits per heavy atom. The van der Waals surface area contributed by atoms with Gasteiger partial charge in [-0.1, -0.05) is 81.4 Å². The molecule has 3 rings (SSSR count).